The molecule has 0 aromatic carbocycles. The predicted octanol–water partition coefficient (Wildman–Crippen LogP) is 1.73. The third-order valence-corrected chi connectivity index (χ3v) is 3.25. The molecule has 0 N–H and O–H groups in total. The van der Waals surface area contributed by atoms with Crippen molar-refractivity contribution < 1.29 is 9.53 Å². The van der Waals surface area contributed by atoms with E-state index in [0.717, 1.165) is 11.3 Å². The van der Waals surface area contributed by atoms with Crippen molar-refractivity contribution >= 4 is 22.3 Å². The lowest BCUT2D eigenvalue weighted by Crippen LogP contribution is -2.14. The van der Waals surface area contributed by atoms with Crippen LogP contribution in [-0.4, -0.2) is 26.7 Å². The summed E-state index contributed by atoms with van der Waals surface area (Å²) in [5.74, 6) is -0.564. The van der Waals surface area contributed by atoms with Crippen molar-refractivity contribution in [2.75, 3.05) is 25.6 Å². The molecule has 0 aliphatic heterocycles. The van der Waals surface area contributed by atoms with E-state index in [1.165, 1.54) is 0 Å². The summed E-state index contributed by atoms with van der Waals surface area (Å²) in [4.78, 5) is 13.7. The second-order valence-corrected chi connectivity index (χ2v) is 4.32. The normalized spacial score (nSPS) is 9.24. The second kappa shape index (κ2) is 5.33. The maximum Gasteiger partial charge on any atom is 0.342 e. The number of nitrogens with zero attached hydrogens (tertiary/aromatic N) is 3. The van der Waals surface area contributed by atoms with E-state index in [9.17, 15) is 4.79 Å². The van der Waals surface area contributed by atoms with Gasteiger partial charge in [-0.2, -0.15) is 10.5 Å². The van der Waals surface area contributed by atoms with Crippen LogP contribution in [0.3, 0.4) is 0 Å². The quantitative estimate of drug-likeness (QED) is 0.762. The Morgan fingerprint density at radius 3 is 2.47 bits per heavy atom. The topological polar surface area (TPSA) is 77.1 Å². The molecule has 1 aromatic heterocycles. The molecule has 5 nitrogen and oxygen atoms in total. The molecule has 0 spiro atoms. The van der Waals surface area contributed by atoms with Gasteiger partial charge in [0.2, 0.25) is 0 Å². The van der Waals surface area contributed by atoms with Crippen molar-refractivity contribution in [3.05, 3.63) is 16.0 Å². The van der Waals surface area contributed by atoms with Crippen molar-refractivity contribution in [1.29, 1.82) is 10.5 Å². The summed E-state index contributed by atoms with van der Waals surface area (Å²) in [5.41, 5.74) is 0.278. The molecule has 0 bridgehead atoms. The molecule has 0 aliphatic carbocycles. The van der Waals surface area contributed by atoms with Gasteiger partial charge < -0.3 is 9.64 Å². The number of ether oxygens (including phenoxy) is 1. The molecule has 17 heavy (non-hydrogen) atoms. The minimum atomic E-state index is -0.564. The van der Waals surface area contributed by atoms with Gasteiger partial charge in [0.25, 0.3) is 0 Å². The van der Waals surface area contributed by atoms with E-state index < -0.39 is 5.97 Å². The van der Waals surface area contributed by atoms with Crippen LogP contribution in [0.5, 0.6) is 0 Å². The van der Waals surface area contributed by atoms with Crippen LogP contribution in [0.25, 0.3) is 0 Å². The zero-order valence-electron chi connectivity index (χ0n) is 9.77. The first kappa shape index (κ1) is 13.0. The molecule has 1 aromatic rings. The maximum absolute atomic E-state index is 11.8. The number of nitriles is 2. The molecular formula is C11H11N3O2S. The number of carbonyl (C=O) groups excluding carboxylic acids is 1. The van der Waals surface area contributed by atoms with Gasteiger partial charge in [-0.15, -0.1) is 11.3 Å². The van der Waals surface area contributed by atoms with Crippen LogP contribution >= 0.6 is 11.3 Å². The number of rotatable bonds is 3. The number of carbonyl (C=O) groups is 1. The van der Waals surface area contributed by atoms with Gasteiger partial charge >= 0.3 is 5.97 Å². The highest BCUT2D eigenvalue weighted by Crippen LogP contribution is 2.34. The Morgan fingerprint density at radius 2 is 2.06 bits per heavy atom. The number of esters is 1. The summed E-state index contributed by atoms with van der Waals surface area (Å²) in [6.45, 7) is 1.92. The summed E-state index contributed by atoms with van der Waals surface area (Å²) in [7, 11) is 3.49. The van der Waals surface area contributed by atoms with Crippen molar-refractivity contribution in [2.24, 2.45) is 0 Å². The van der Waals surface area contributed by atoms with Gasteiger partial charge in [-0.1, -0.05) is 0 Å². The van der Waals surface area contributed by atoms with Crippen molar-refractivity contribution in [2.45, 2.75) is 6.92 Å². The molecule has 1 heterocycles. The van der Waals surface area contributed by atoms with E-state index >= 15 is 0 Å². The highest BCUT2D eigenvalue weighted by atomic mass is 32.1. The fourth-order valence-corrected chi connectivity index (χ4v) is 2.27. The van der Waals surface area contributed by atoms with Crippen LogP contribution in [0.4, 0.5) is 5.00 Å². The summed E-state index contributed by atoms with van der Waals surface area (Å²) in [6.07, 6.45) is 0. The monoisotopic (exact) mass is 249 g/mol. The molecule has 0 saturated carbocycles. The van der Waals surface area contributed by atoms with Crippen LogP contribution < -0.4 is 4.90 Å². The van der Waals surface area contributed by atoms with Gasteiger partial charge in [0.15, 0.2) is 0 Å². The Kier molecular flexibility index (Phi) is 4.08. The third kappa shape index (κ3) is 2.38. The van der Waals surface area contributed by atoms with E-state index in [0.29, 0.717) is 5.00 Å². The zero-order chi connectivity index (χ0) is 13.0. The van der Waals surface area contributed by atoms with Crippen LogP contribution in [0.1, 0.15) is 27.7 Å². The minimum Gasteiger partial charge on any atom is -0.462 e. The lowest BCUT2D eigenvalue weighted by molar-refractivity contribution is 0.0527. The molecule has 0 aliphatic rings. The van der Waals surface area contributed by atoms with Crippen LogP contribution in [0.2, 0.25) is 0 Å². The van der Waals surface area contributed by atoms with Gasteiger partial charge in [0.05, 0.1) is 12.2 Å². The molecular weight excluding hydrogens is 238 g/mol. The van der Waals surface area contributed by atoms with Gasteiger partial charge in [-0.05, 0) is 6.92 Å². The van der Waals surface area contributed by atoms with Crippen molar-refractivity contribution in [3.63, 3.8) is 0 Å². The summed E-state index contributed by atoms with van der Waals surface area (Å²) in [6, 6.07) is 3.81. The molecule has 0 amide bonds. The zero-order valence-corrected chi connectivity index (χ0v) is 10.6. The van der Waals surface area contributed by atoms with Gasteiger partial charge in [0.1, 0.15) is 27.6 Å². The van der Waals surface area contributed by atoms with Crippen LogP contribution in [0, 0.1) is 22.7 Å². The Hall–Kier alpha value is -2.05. The largest absolute Gasteiger partial charge is 0.462 e. The molecule has 0 fully saturated rings. The van der Waals surface area contributed by atoms with E-state index in [1.807, 2.05) is 12.1 Å². The molecule has 0 atom stereocenters. The molecule has 88 valence electrons. The van der Waals surface area contributed by atoms with E-state index in [4.69, 9.17) is 15.3 Å². The molecule has 0 unspecified atom stereocenters. The lowest BCUT2D eigenvalue weighted by Gasteiger charge is -2.11. The average molecular weight is 249 g/mol. The summed E-state index contributed by atoms with van der Waals surface area (Å²) < 4.78 is 4.90. The first-order chi connectivity index (χ1) is 8.06. The fraction of sp³-hybridized carbons (Fsp3) is 0.364. The molecule has 0 radical (unpaired) electrons. The fourth-order valence-electron chi connectivity index (χ4n) is 1.31. The van der Waals surface area contributed by atoms with Gasteiger partial charge in [-0.3, -0.25) is 0 Å². The summed E-state index contributed by atoms with van der Waals surface area (Å²) >= 11 is 1.11. The molecule has 1 rings (SSSR count). The van der Waals surface area contributed by atoms with Crippen LogP contribution in [0.15, 0.2) is 0 Å². The number of hydrogen-bond donors (Lipinski definition) is 0. The SMILES string of the molecule is CCOC(=O)c1c(N(C)C)sc(C#N)c1C#N. The Morgan fingerprint density at radius 1 is 1.41 bits per heavy atom. The first-order valence-electron chi connectivity index (χ1n) is 4.88. The summed E-state index contributed by atoms with van der Waals surface area (Å²) in [5, 5.41) is 18.5. The third-order valence-electron chi connectivity index (χ3n) is 1.99. The Labute approximate surface area is 103 Å². The number of anilines is 1. The Bertz CT molecular complexity index is 520. The van der Waals surface area contributed by atoms with Gasteiger partial charge in [0, 0.05) is 14.1 Å². The number of thiophene rings is 1. The number of hydrogen-bond acceptors (Lipinski definition) is 6. The molecule has 0 saturated heterocycles. The highest BCUT2D eigenvalue weighted by Gasteiger charge is 2.25. The van der Waals surface area contributed by atoms with Crippen LogP contribution in [-0.2, 0) is 4.74 Å². The van der Waals surface area contributed by atoms with E-state index in [2.05, 4.69) is 0 Å². The highest BCUT2D eigenvalue weighted by molar-refractivity contribution is 7.17. The van der Waals surface area contributed by atoms with Crippen molar-refractivity contribution in [3.8, 4) is 12.1 Å². The predicted molar refractivity (Wildman–Crippen MR) is 64.0 cm³/mol. The molecule has 6 heteroatoms. The van der Waals surface area contributed by atoms with Gasteiger partial charge in [-0.25, -0.2) is 4.79 Å². The van der Waals surface area contributed by atoms with E-state index in [1.54, 1.807) is 25.9 Å². The Balaban J connectivity index is 3.44. The van der Waals surface area contributed by atoms with E-state index in [-0.39, 0.29) is 22.6 Å². The lowest BCUT2D eigenvalue weighted by atomic mass is 10.1. The standard InChI is InChI=1S/C11H11N3O2S/c1-4-16-11(15)9-7(5-12)8(6-13)17-10(9)14(2)3/h4H2,1-3H3. The average Bonchev–Trinajstić information content (AvgIpc) is 2.67. The second-order valence-electron chi connectivity index (χ2n) is 3.32. The minimum absolute atomic E-state index is 0.0969. The van der Waals surface area contributed by atoms with Crippen molar-refractivity contribution in [1.82, 2.24) is 0 Å². The first-order valence-corrected chi connectivity index (χ1v) is 5.69. The smallest absolute Gasteiger partial charge is 0.342 e. The maximum atomic E-state index is 11.8.